The van der Waals surface area contributed by atoms with Crippen LogP contribution in [0.5, 0.6) is 0 Å². The highest BCUT2D eigenvalue weighted by Gasteiger charge is 2.48. The van der Waals surface area contributed by atoms with Gasteiger partial charge in [-0.15, -0.1) is 0 Å². The summed E-state index contributed by atoms with van der Waals surface area (Å²) in [4.78, 5) is 0. The molecule has 0 N–H and O–H groups in total. The summed E-state index contributed by atoms with van der Waals surface area (Å²) in [6.07, 6.45) is 1.45. The molecule has 0 radical (unpaired) electrons. The fourth-order valence-corrected chi connectivity index (χ4v) is 2.47. The Hall–Kier alpha value is -0.410. The van der Waals surface area contributed by atoms with Gasteiger partial charge in [-0.25, -0.2) is 4.39 Å². The maximum atomic E-state index is 12.9. The van der Waals surface area contributed by atoms with Crippen molar-refractivity contribution >= 4 is 15.9 Å². The Bertz CT molecular complexity index is 364. The smallest absolute Gasteiger partial charge is 0.124 e. The average Bonchev–Trinajstić information content (AvgIpc) is 2.68. The minimum atomic E-state index is -0.184. The summed E-state index contributed by atoms with van der Waals surface area (Å²) >= 11 is 3.35. The van der Waals surface area contributed by atoms with Gasteiger partial charge < -0.3 is 4.74 Å². The van der Waals surface area contributed by atoms with Crippen LogP contribution in [0.2, 0.25) is 0 Å². The van der Waals surface area contributed by atoms with E-state index in [9.17, 15) is 4.39 Å². The van der Waals surface area contributed by atoms with Gasteiger partial charge in [0.15, 0.2) is 0 Å². The maximum Gasteiger partial charge on any atom is 0.124 e. The molecule has 62 valence electrons. The molecular weight excluding hydrogens is 223 g/mol. The van der Waals surface area contributed by atoms with Crippen molar-refractivity contribution in [3.63, 3.8) is 0 Å². The summed E-state index contributed by atoms with van der Waals surface area (Å²) in [6, 6.07) is 3.10. The third kappa shape index (κ3) is 0.808. The summed E-state index contributed by atoms with van der Waals surface area (Å²) in [5.74, 6) is -0.184. The van der Waals surface area contributed by atoms with E-state index < -0.39 is 0 Å². The number of fused-ring (bicyclic) bond motifs is 3. The molecule has 0 unspecified atom stereocenters. The van der Waals surface area contributed by atoms with Crippen LogP contribution in [0.3, 0.4) is 0 Å². The van der Waals surface area contributed by atoms with Gasteiger partial charge in [0, 0.05) is 10.9 Å². The van der Waals surface area contributed by atoms with Gasteiger partial charge in [-0.2, -0.15) is 0 Å². The van der Waals surface area contributed by atoms with Crippen molar-refractivity contribution in [1.82, 2.24) is 0 Å². The Morgan fingerprint density at radius 2 is 2.33 bits per heavy atom. The summed E-state index contributed by atoms with van der Waals surface area (Å²) in [5, 5.41) is 0. The molecule has 0 spiro atoms. The van der Waals surface area contributed by atoms with Gasteiger partial charge >= 0.3 is 0 Å². The molecule has 12 heavy (non-hydrogen) atoms. The SMILES string of the molecule is Fc1cc(Br)c2c(c1)[C@@H]1O[C@@H]1C2. The van der Waals surface area contributed by atoms with E-state index in [0.29, 0.717) is 6.10 Å². The molecule has 0 bridgehead atoms. The second kappa shape index (κ2) is 2.09. The fraction of sp³-hybridized carbons (Fsp3) is 0.333. The van der Waals surface area contributed by atoms with Crippen LogP contribution in [0.4, 0.5) is 4.39 Å². The van der Waals surface area contributed by atoms with Gasteiger partial charge in [-0.1, -0.05) is 15.9 Å². The summed E-state index contributed by atoms with van der Waals surface area (Å²) < 4.78 is 19.1. The predicted octanol–water partition coefficient (Wildman–Crippen LogP) is 2.58. The Morgan fingerprint density at radius 1 is 1.50 bits per heavy atom. The molecule has 0 saturated carbocycles. The highest BCUT2D eigenvalue weighted by atomic mass is 79.9. The highest BCUT2D eigenvalue weighted by Crippen LogP contribution is 2.50. The molecule has 2 atom stereocenters. The first-order valence-corrected chi connectivity index (χ1v) is 4.68. The van der Waals surface area contributed by atoms with Crippen molar-refractivity contribution < 1.29 is 9.13 Å². The molecule has 1 aliphatic heterocycles. The van der Waals surface area contributed by atoms with E-state index in [1.165, 1.54) is 11.6 Å². The molecule has 1 nitrogen and oxygen atoms in total. The number of hydrogen-bond donors (Lipinski definition) is 0. The van der Waals surface area contributed by atoms with Crippen LogP contribution in [-0.4, -0.2) is 6.10 Å². The van der Waals surface area contributed by atoms with Crippen LogP contribution in [0.25, 0.3) is 0 Å². The second-order valence-corrected chi connectivity index (χ2v) is 4.11. The van der Waals surface area contributed by atoms with Crippen LogP contribution in [0, 0.1) is 5.82 Å². The van der Waals surface area contributed by atoms with Crippen molar-refractivity contribution in [2.24, 2.45) is 0 Å². The summed E-state index contributed by atoms with van der Waals surface area (Å²) in [6.45, 7) is 0. The van der Waals surface area contributed by atoms with E-state index in [1.807, 2.05) is 0 Å². The number of halogens is 2. The molecule has 1 aromatic carbocycles. The first-order chi connectivity index (χ1) is 5.75. The van der Waals surface area contributed by atoms with E-state index in [4.69, 9.17) is 4.74 Å². The zero-order chi connectivity index (χ0) is 8.29. The standard InChI is InChI=1S/C9H6BrFO/c10-7-2-4(11)1-6-5(7)3-8-9(6)12-8/h1-2,8-9H,3H2/t8-,9+/m1/s1. The fourth-order valence-electron chi connectivity index (χ4n) is 1.87. The van der Waals surface area contributed by atoms with E-state index in [-0.39, 0.29) is 11.9 Å². The Labute approximate surface area is 77.7 Å². The minimum Gasteiger partial charge on any atom is -0.364 e. The van der Waals surface area contributed by atoms with E-state index >= 15 is 0 Å². The first-order valence-electron chi connectivity index (χ1n) is 3.89. The number of rotatable bonds is 0. The predicted molar refractivity (Wildman–Crippen MR) is 45.4 cm³/mol. The van der Waals surface area contributed by atoms with E-state index in [0.717, 1.165) is 16.5 Å². The topological polar surface area (TPSA) is 12.5 Å². The van der Waals surface area contributed by atoms with Gasteiger partial charge in [-0.3, -0.25) is 0 Å². The van der Waals surface area contributed by atoms with Crippen LogP contribution in [0.1, 0.15) is 17.2 Å². The van der Waals surface area contributed by atoms with Gasteiger partial charge in [0.05, 0.1) is 6.10 Å². The van der Waals surface area contributed by atoms with Crippen LogP contribution < -0.4 is 0 Å². The molecule has 1 fully saturated rings. The molecular formula is C9H6BrFO. The molecule has 1 aromatic rings. The largest absolute Gasteiger partial charge is 0.364 e. The average molecular weight is 229 g/mol. The second-order valence-electron chi connectivity index (χ2n) is 3.25. The molecule has 1 heterocycles. The molecule has 2 aliphatic rings. The van der Waals surface area contributed by atoms with Crippen molar-refractivity contribution in [1.29, 1.82) is 0 Å². The number of benzene rings is 1. The highest BCUT2D eigenvalue weighted by molar-refractivity contribution is 9.10. The lowest BCUT2D eigenvalue weighted by Gasteiger charge is -2.04. The van der Waals surface area contributed by atoms with E-state index in [1.54, 1.807) is 6.07 Å². The lowest BCUT2D eigenvalue weighted by Crippen LogP contribution is -1.92. The summed E-state index contributed by atoms with van der Waals surface area (Å²) in [7, 11) is 0. The zero-order valence-corrected chi connectivity index (χ0v) is 7.77. The number of hydrogen-bond acceptors (Lipinski definition) is 1. The number of epoxide rings is 1. The Morgan fingerprint density at radius 3 is 3.17 bits per heavy atom. The lowest BCUT2D eigenvalue weighted by atomic mass is 10.1. The van der Waals surface area contributed by atoms with Crippen molar-refractivity contribution in [2.45, 2.75) is 18.6 Å². The van der Waals surface area contributed by atoms with Gasteiger partial charge in [0.25, 0.3) is 0 Å². The summed E-state index contributed by atoms with van der Waals surface area (Å²) in [5.41, 5.74) is 2.25. The number of ether oxygens (including phenoxy) is 1. The van der Waals surface area contributed by atoms with Crippen molar-refractivity contribution in [2.75, 3.05) is 0 Å². The normalized spacial score (nSPS) is 29.8. The molecule has 1 aliphatic carbocycles. The quantitative estimate of drug-likeness (QED) is 0.623. The van der Waals surface area contributed by atoms with Gasteiger partial charge in [0.1, 0.15) is 11.9 Å². The molecule has 1 saturated heterocycles. The van der Waals surface area contributed by atoms with E-state index in [2.05, 4.69) is 15.9 Å². The third-order valence-corrected chi connectivity index (χ3v) is 3.20. The molecule has 0 amide bonds. The van der Waals surface area contributed by atoms with Crippen molar-refractivity contribution in [3.05, 3.63) is 33.5 Å². The minimum absolute atomic E-state index is 0.184. The maximum absolute atomic E-state index is 12.9. The monoisotopic (exact) mass is 228 g/mol. The molecule has 3 heteroatoms. The molecule has 0 aromatic heterocycles. The Balaban J connectivity index is 2.24. The molecule has 3 rings (SSSR count). The first kappa shape index (κ1) is 7.04. The third-order valence-electron chi connectivity index (χ3n) is 2.49. The van der Waals surface area contributed by atoms with Crippen LogP contribution >= 0.6 is 15.9 Å². The Kier molecular flexibility index (Phi) is 1.23. The van der Waals surface area contributed by atoms with Gasteiger partial charge in [-0.05, 0) is 23.3 Å². The van der Waals surface area contributed by atoms with Crippen LogP contribution in [0.15, 0.2) is 16.6 Å². The van der Waals surface area contributed by atoms with Crippen LogP contribution in [-0.2, 0) is 11.2 Å². The lowest BCUT2D eigenvalue weighted by molar-refractivity contribution is 0.360. The zero-order valence-electron chi connectivity index (χ0n) is 6.18. The van der Waals surface area contributed by atoms with Gasteiger partial charge in [0.2, 0.25) is 0 Å². The van der Waals surface area contributed by atoms with Crippen molar-refractivity contribution in [3.8, 4) is 0 Å².